The van der Waals surface area contributed by atoms with Gasteiger partial charge in [-0.1, -0.05) is 6.07 Å². The zero-order valence-corrected chi connectivity index (χ0v) is 11.0. The summed E-state index contributed by atoms with van der Waals surface area (Å²) in [7, 11) is 0. The lowest BCUT2D eigenvalue weighted by atomic mass is 10.1. The van der Waals surface area contributed by atoms with E-state index in [9.17, 15) is 18.0 Å². The summed E-state index contributed by atoms with van der Waals surface area (Å²) in [6.07, 6.45) is -1.25. The molecule has 6 heteroatoms. The molecule has 1 N–H and O–H groups in total. The fraction of sp³-hybridized carbons (Fsp3) is 0.500. The van der Waals surface area contributed by atoms with Crippen molar-refractivity contribution in [2.24, 2.45) is 0 Å². The van der Waals surface area contributed by atoms with E-state index in [1.165, 1.54) is 12.1 Å². The van der Waals surface area contributed by atoms with E-state index in [1.807, 2.05) is 0 Å². The Bertz CT molecular complexity index is 468. The molecule has 0 radical (unpaired) electrons. The average molecular weight is 286 g/mol. The van der Waals surface area contributed by atoms with E-state index in [1.54, 1.807) is 4.90 Å². The Morgan fingerprint density at radius 3 is 2.55 bits per heavy atom. The van der Waals surface area contributed by atoms with Gasteiger partial charge in [0.15, 0.2) is 0 Å². The van der Waals surface area contributed by atoms with Crippen molar-refractivity contribution in [3.05, 3.63) is 29.8 Å². The highest BCUT2D eigenvalue weighted by molar-refractivity contribution is 5.81. The van der Waals surface area contributed by atoms with Crippen LogP contribution < -0.4 is 5.32 Å². The van der Waals surface area contributed by atoms with Gasteiger partial charge in [-0.3, -0.25) is 4.79 Å². The zero-order valence-electron chi connectivity index (χ0n) is 11.0. The summed E-state index contributed by atoms with van der Waals surface area (Å²) in [5, 5.41) is 2.76. The van der Waals surface area contributed by atoms with E-state index in [2.05, 4.69) is 5.32 Å². The van der Waals surface area contributed by atoms with Gasteiger partial charge in [0.05, 0.1) is 12.1 Å². The average Bonchev–Trinajstić information content (AvgIpc) is 2.45. The van der Waals surface area contributed by atoms with Crippen LogP contribution in [0.2, 0.25) is 0 Å². The van der Waals surface area contributed by atoms with Gasteiger partial charge in [-0.2, -0.15) is 13.2 Å². The number of carbonyl (C=O) groups excluding carboxylic acids is 1. The standard InChI is InChI=1S/C14H17F3N2O/c15-14(16,17)11-5-4-6-12(9-11)18-10-13(20)19-7-2-1-3-8-19/h4-6,9,18H,1-3,7-8,10H2. The number of anilines is 1. The van der Waals surface area contributed by atoms with Gasteiger partial charge in [-0.25, -0.2) is 0 Å². The molecule has 20 heavy (non-hydrogen) atoms. The number of rotatable bonds is 3. The summed E-state index contributed by atoms with van der Waals surface area (Å²) >= 11 is 0. The third-order valence-corrected chi connectivity index (χ3v) is 3.34. The first-order chi connectivity index (χ1) is 9.47. The van der Waals surface area contributed by atoms with Gasteiger partial charge in [0.2, 0.25) is 5.91 Å². The molecule has 1 fully saturated rings. The smallest absolute Gasteiger partial charge is 0.376 e. The Labute approximate surface area is 115 Å². The van der Waals surface area contributed by atoms with Gasteiger partial charge < -0.3 is 10.2 Å². The molecule has 0 unspecified atom stereocenters. The molecule has 3 nitrogen and oxygen atoms in total. The van der Waals surface area contributed by atoms with Crippen LogP contribution in [0.3, 0.4) is 0 Å². The molecule has 0 atom stereocenters. The molecule has 1 saturated heterocycles. The Morgan fingerprint density at radius 2 is 1.90 bits per heavy atom. The number of carbonyl (C=O) groups is 1. The maximum atomic E-state index is 12.6. The number of likely N-dealkylation sites (tertiary alicyclic amines) is 1. The summed E-state index contributed by atoms with van der Waals surface area (Å²) < 4.78 is 37.7. The SMILES string of the molecule is O=C(CNc1cccc(C(F)(F)F)c1)N1CCCCC1. The number of amides is 1. The molecule has 0 saturated carbocycles. The van der Waals surface area contributed by atoms with E-state index in [4.69, 9.17) is 0 Å². The minimum absolute atomic E-state index is 0.0291. The summed E-state index contributed by atoms with van der Waals surface area (Å²) in [5.74, 6) is -0.0675. The highest BCUT2D eigenvalue weighted by atomic mass is 19.4. The van der Waals surface area contributed by atoms with Gasteiger partial charge in [0.1, 0.15) is 0 Å². The molecular weight excluding hydrogens is 269 g/mol. The molecule has 1 heterocycles. The van der Waals surface area contributed by atoms with Crippen LogP contribution in [0.25, 0.3) is 0 Å². The fourth-order valence-corrected chi connectivity index (χ4v) is 2.24. The number of alkyl halides is 3. The van der Waals surface area contributed by atoms with Crippen molar-refractivity contribution in [2.75, 3.05) is 25.0 Å². The molecule has 110 valence electrons. The Morgan fingerprint density at radius 1 is 1.20 bits per heavy atom. The van der Waals surface area contributed by atoms with E-state index in [-0.39, 0.29) is 12.5 Å². The topological polar surface area (TPSA) is 32.3 Å². The molecule has 1 amide bonds. The first-order valence-corrected chi connectivity index (χ1v) is 6.66. The van der Waals surface area contributed by atoms with Crippen molar-refractivity contribution in [3.8, 4) is 0 Å². The summed E-state index contributed by atoms with van der Waals surface area (Å²) in [6.45, 7) is 1.51. The molecular formula is C14H17F3N2O. The molecule has 1 aromatic rings. The predicted octanol–water partition coefficient (Wildman–Crippen LogP) is 3.13. The minimum Gasteiger partial charge on any atom is -0.376 e. The van der Waals surface area contributed by atoms with Crippen molar-refractivity contribution >= 4 is 11.6 Å². The Balaban J connectivity index is 1.92. The first kappa shape index (κ1) is 14.7. The normalized spacial score (nSPS) is 16.1. The summed E-state index contributed by atoms with van der Waals surface area (Å²) in [5.41, 5.74) is -0.405. The van der Waals surface area contributed by atoms with E-state index >= 15 is 0 Å². The second-order valence-corrected chi connectivity index (χ2v) is 4.87. The first-order valence-electron chi connectivity index (χ1n) is 6.66. The number of piperidine rings is 1. The molecule has 0 aromatic heterocycles. The van der Waals surface area contributed by atoms with Crippen LogP contribution in [0.5, 0.6) is 0 Å². The Hall–Kier alpha value is -1.72. The highest BCUT2D eigenvalue weighted by Gasteiger charge is 2.30. The number of nitrogens with zero attached hydrogens (tertiary/aromatic N) is 1. The maximum Gasteiger partial charge on any atom is 0.416 e. The zero-order chi connectivity index (χ0) is 14.6. The Kier molecular flexibility index (Phi) is 4.52. The fourth-order valence-electron chi connectivity index (χ4n) is 2.24. The quantitative estimate of drug-likeness (QED) is 0.926. The second-order valence-electron chi connectivity index (χ2n) is 4.87. The van der Waals surface area contributed by atoms with Gasteiger partial charge in [0.25, 0.3) is 0 Å². The van der Waals surface area contributed by atoms with Crippen LogP contribution in [0, 0.1) is 0 Å². The second kappa shape index (κ2) is 6.15. The molecule has 1 aliphatic heterocycles. The van der Waals surface area contributed by atoms with Crippen molar-refractivity contribution in [3.63, 3.8) is 0 Å². The van der Waals surface area contributed by atoms with E-state index in [0.29, 0.717) is 5.69 Å². The third kappa shape index (κ3) is 3.88. The van der Waals surface area contributed by atoms with Crippen LogP contribution in [0.15, 0.2) is 24.3 Å². The van der Waals surface area contributed by atoms with Crippen molar-refractivity contribution in [1.29, 1.82) is 0 Å². The lowest BCUT2D eigenvalue weighted by molar-refractivity contribution is -0.137. The number of hydrogen-bond donors (Lipinski definition) is 1. The molecule has 0 aliphatic carbocycles. The molecule has 0 spiro atoms. The third-order valence-electron chi connectivity index (χ3n) is 3.34. The van der Waals surface area contributed by atoms with Crippen LogP contribution in [-0.2, 0) is 11.0 Å². The van der Waals surface area contributed by atoms with Gasteiger partial charge >= 0.3 is 6.18 Å². The van der Waals surface area contributed by atoms with Gasteiger partial charge in [-0.05, 0) is 37.5 Å². The van der Waals surface area contributed by atoms with Crippen LogP contribution >= 0.6 is 0 Å². The van der Waals surface area contributed by atoms with E-state index in [0.717, 1.165) is 44.5 Å². The van der Waals surface area contributed by atoms with Crippen molar-refractivity contribution < 1.29 is 18.0 Å². The van der Waals surface area contributed by atoms with E-state index < -0.39 is 11.7 Å². The molecule has 2 rings (SSSR count). The van der Waals surface area contributed by atoms with Crippen molar-refractivity contribution in [1.82, 2.24) is 4.90 Å². The number of benzene rings is 1. The largest absolute Gasteiger partial charge is 0.416 e. The number of halogens is 3. The van der Waals surface area contributed by atoms with Crippen molar-refractivity contribution in [2.45, 2.75) is 25.4 Å². The maximum absolute atomic E-state index is 12.6. The lowest BCUT2D eigenvalue weighted by Gasteiger charge is -2.27. The predicted molar refractivity (Wildman–Crippen MR) is 70.4 cm³/mol. The monoisotopic (exact) mass is 286 g/mol. The summed E-state index contributed by atoms with van der Waals surface area (Å²) in [6, 6.07) is 4.89. The van der Waals surface area contributed by atoms with Gasteiger partial charge in [0, 0.05) is 18.8 Å². The highest BCUT2D eigenvalue weighted by Crippen LogP contribution is 2.30. The van der Waals surface area contributed by atoms with Crippen LogP contribution in [-0.4, -0.2) is 30.4 Å². The summed E-state index contributed by atoms with van der Waals surface area (Å²) in [4.78, 5) is 13.6. The molecule has 0 bridgehead atoms. The van der Waals surface area contributed by atoms with Crippen LogP contribution in [0.1, 0.15) is 24.8 Å². The molecule has 1 aromatic carbocycles. The number of nitrogens with one attached hydrogen (secondary N) is 1. The van der Waals surface area contributed by atoms with Gasteiger partial charge in [-0.15, -0.1) is 0 Å². The minimum atomic E-state index is -4.37. The lowest BCUT2D eigenvalue weighted by Crippen LogP contribution is -2.39. The van der Waals surface area contributed by atoms with Crippen LogP contribution in [0.4, 0.5) is 18.9 Å². The number of hydrogen-bond acceptors (Lipinski definition) is 2. The molecule has 1 aliphatic rings.